The minimum Gasteiger partial charge on any atom is -0.497 e. The van der Waals surface area contributed by atoms with Crippen molar-refractivity contribution in [2.75, 3.05) is 12.4 Å². The number of hydrogen-bond acceptors (Lipinski definition) is 4. The number of aromatic nitrogens is 4. The van der Waals surface area contributed by atoms with Gasteiger partial charge < -0.3 is 15.0 Å². The van der Waals surface area contributed by atoms with E-state index in [0.29, 0.717) is 18.1 Å². The molecular formula is C22H24N6O2. The Morgan fingerprint density at radius 2 is 1.97 bits per heavy atom. The number of para-hydroxylation sites is 2. The zero-order valence-corrected chi connectivity index (χ0v) is 17.1. The summed E-state index contributed by atoms with van der Waals surface area (Å²) in [6, 6.07) is 16.7. The second-order valence-electron chi connectivity index (χ2n) is 7.14. The predicted molar refractivity (Wildman–Crippen MR) is 116 cm³/mol. The molecule has 3 N–H and O–H groups in total. The normalized spacial score (nSPS) is 12.0. The third-order valence-corrected chi connectivity index (χ3v) is 5.00. The van der Waals surface area contributed by atoms with Crippen molar-refractivity contribution < 1.29 is 9.53 Å². The third-order valence-electron chi connectivity index (χ3n) is 5.00. The van der Waals surface area contributed by atoms with Crippen LogP contribution in [0, 0.1) is 6.92 Å². The van der Waals surface area contributed by atoms with Crippen LogP contribution in [0.15, 0.2) is 54.6 Å². The number of ether oxygens (including phenoxy) is 1. The van der Waals surface area contributed by atoms with Crippen molar-refractivity contribution in [3.63, 3.8) is 0 Å². The molecule has 30 heavy (non-hydrogen) atoms. The number of methoxy groups -OCH3 is 1. The Hall–Kier alpha value is -3.81. The molecule has 154 valence electrons. The van der Waals surface area contributed by atoms with E-state index < -0.39 is 0 Å². The summed E-state index contributed by atoms with van der Waals surface area (Å²) in [6.45, 7) is 1.93. The van der Waals surface area contributed by atoms with Gasteiger partial charge in [0.15, 0.2) is 5.82 Å². The predicted octanol–water partition coefficient (Wildman–Crippen LogP) is 3.72. The van der Waals surface area contributed by atoms with E-state index in [0.717, 1.165) is 28.0 Å². The summed E-state index contributed by atoms with van der Waals surface area (Å²) in [5, 5.41) is 10.1. The van der Waals surface area contributed by atoms with Gasteiger partial charge in [-0.05, 0) is 43.2 Å². The molecule has 0 radical (unpaired) electrons. The van der Waals surface area contributed by atoms with Gasteiger partial charge in [0, 0.05) is 18.8 Å². The number of carbonyl (C=O) groups excluding carboxylic acids is 1. The molecule has 8 nitrogen and oxygen atoms in total. The number of benzene rings is 2. The summed E-state index contributed by atoms with van der Waals surface area (Å²) in [7, 11) is 3.47. The summed E-state index contributed by atoms with van der Waals surface area (Å²) in [6.07, 6.45) is 0.568. The molecule has 4 rings (SSSR count). The maximum atomic E-state index is 12.7. The molecule has 4 aromatic rings. The van der Waals surface area contributed by atoms with E-state index in [-0.39, 0.29) is 12.1 Å². The van der Waals surface area contributed by atoms with E-state index in [4.69, 9.17) is 4.74 Å². The first-order valence-corrected chi connectivity index (χ1v) is 9.67. The first-order chi connectivity index (χ1) is 14.5. The quantitative estimate of drug-likeness (QED) is 0.456. The summed E-state index contributed by atoms with van der Waals surface area (Å²) < 4.78 is 6.95. The van der Waals surface area contributed by atoms with Crippen molar-refractivity contribution in [3.05, 3.63) is 71.7 Å². The van der Waals surface area contributed by atoms with E-state index >= 15 is 0 Å². The molecule has 1 atom stereocenters. The van der Waals surface area contributed by atoms with Crippen LogP contribution >= 0.6 is 0 Å². The number of anilines is 1. The SMILES string of the molecule is COc1ccc(CC(NC(=O)Nc2cc(C)n(C)n2)c2nc3ccccc3[nH]2)cc1. The van der Waals surface area contributed by atoms with Crippen LogP contribution in [0.5, 0.6) is 5.75 Å². The van der Waals surface area contributed by atoms with Crippen LogP contribution in [0.4, 0.5) is 10.6 Å². The standard InChI is InChI=1S/C22H24N6O2/c1-14-12-20(27-28(14)2)26-22(29)25-19(13-15-8-10-16(30-3)11-9-15)21-23-17-6-4-5-7-18(17)24-21/h4-12,19H,13H2,1-3H3,(H,23,24)(H2,25,26,27,29). The fraction of sp³-hybridized carbons (Fsp3) is 0.227. The van der Waals surface area contributed by atoms with Crippen LogP contribution in [-0.2, 0) is 13.5 Å². The number of urea groups is 1. The largest absolute Gasteiger partial charge is 0.497 e. The lowest BCUT2D eigenvalue weighted by molar-refractivity contribution is 0.248. The van der Waals surface area contributed by atoms with Crippen molar-refractivity contribution in [1.82, 2.24) is 25.1 Å². The second-order valence-corrected chi connectivity index (χ2v) is 7.14. The lowest BCUT2D eigenvalue weighted by Gasteiger charge is -2.17. The maximum Gasteiger partial charge on any atom is 0.321 e. The number of hydrogen-bond donors (Lipinski definition) is 3. The smallest absolute Gasteiger partial charge is 0.321 e. The van der Waals surface area contributed by atoms with Crippen LogP contribution in [0.1, 0.15) is 23.1 Å². The van der Waals surface area contributed by atoms with Gasteiger partial charge in [-0.3, -0.25) is 10.00 Å². The molecule has 2 aromatic heterocycles. The molecule has 0 aliphatic heterocycles. The number of fused-ring (bicyclic) bond motifs is 1. The highest BCUT2D eigenvalue weighted by Crippen LogP contribution is 2.21. The van der Waals surface area contributed by atoms with Crippen molar-refractivity contribution in [2.45, 2.75) is 19.4 Å². The Labute approximate surface area is 174 Å². The molecule has 2 heterocycles. The van der Waals surface area contributed by atoms with E-state index in [1.165, 1.54) is 0 Å². The summed E-state index contributed by atoms with van der Waals surface area (Å²) >= 11 is 0. The van der Waals surface area contributed by atoms with Crippen molar-refractivity contribution in [1.29, 1.82) is 0 Å². The van der Waals surface area contributed by atoms with Gasteiger partial charge in [0.25, 0.3) is 0 Å². The molecule has 0 aliphatic rings. The lowest BCUT2D eigenvalue weighted by atomic mass is 10.1. The second kappa shape index (κ2) is 8.28. The Balaban J connectivity index is 1.57. The monoisotopic (exact) mass is 404 g/mol. The number of amides is 2. The van der Waals surface area contributed by atoms with Crippen molar-refractivity contribution >= 4 is 22.9 Å². The van der Waals surface area contributed by atoms with Gasteiger partial charge >= 0.3 is 6.03 Å². The number of aryl methyl sites for hydroxylation is 2. The minimum absolute atomic E-state index is 0.341. The number of nitrogens with one attached hydrogen (secondary N) is 3. The highest BCUT2D eigenvalue weighted by atomic mass is 16.5. The number of imidazole rings is 1. The number of nitrogens with zero attached hydrogens (tertiary/aromatic N) is 3. The minimum atomic E-state index is -0.351. The molecule has 1 unspecified atom stereocenters. The Morgan fingerprint density at radius 3 is 2.63 bits per heavy atom. The van der Waals surface area contributed by atoms with Gasteiger partial charge in [-0.1, -0.05) is 24.3 Å². The van der Waals surface area contributed by atoms with Gasteiger partial charge in [0.1, 0.15) is 11.6 Å². The molecular weight excluding hydrogens is 380 g/mol. The van der Waals surface area contributed by atoms with E-state index in [1.54, 1.807) is 11.8 Å². The van der Waals surface area contributed by atoms with Gasteiger partial charge in [-0.15, -0.1) is 0 Å². The summed E-state index contributed by atoms with van der Waals surface area (Å²) in [4.78, 5) is 20.7. The van der Waals surface area contributed by atoms with Crippen molar-refractivity contribution in [2.24, 2.45) is 7.05 Å². The average Bonchev–Trinajstić information content (AvgIpc) is 3.30. The fourth-order valence-electron chi connectivity index (χ4n) is 3.28. The Morgan fingerprint density at radius 1 is 1.20 bits per heavy atom. The molecule has 0 aliphatic carbocycles. The zero-order valence-electron chi connectivity index (χ0n) is 17.1. The van der Waals surface area contributed by atoms with Gasteiger partial charge in [-0.25, -0.2) is 9.78 Å². The van der Waals surface area contributed by atoms with E-state index in [9.17, 15) is 4.79 Å². The van der Waals surface area contributed by atoms with Crippen LogP contribution in [-0.4, -0.2) is 32.9 Å². The maximum absolute atomic E-state index is 12.7. The average molecular weight is 404 g/mol. The third kappa shape index (κ3) is 4.27. The summed E-state index contributed by atoms with van der Waals surface area (Å²) in [5.41, 5.74) is 3.79. The molecule has 2 aromatic carbocycles. The highest BCUT2D eigenvalue weighted by Gasteiger charge is 2.20. The summed E-state index contributed by atoms with van der Waals surface area (Å²) in [5.74, 6) is 1.98. The van der Waals surface area contributed by atoms with Crippen LogP contribution in [0.25, 0.3) is 11.0 Å². The molecule has 8 heteroatoms. The molecule has 0 saturated heterocycles. The fourth-order valence-corrected chi connectivity index (χ4v) is 3.28. The Bertz CT molecular complexity index is 1110. The van der Waals surface area contributed by atoms with Crippen LogP contribution in [0.2, 0.25) is 0 Å². The first-order valence-electron chi connectivity index (χ1n) is 9.67. The highest BCUT2D eigenvalue weighted by molar-refractivity contribution is 5.88. The van der Waals surface area contributed by atoms with Gasteiger partial charge in [0.2, 0.25) is 0 Å². The molecule has 0 saturated carbocycles. The molecule has 0 bridgehead atoms. The van der Waals surface area contributed by atoms with E-state index in [1.807, 2.05) is 68.6 Å². The van der Waals surface area contributed by atoms with Crippen molar-refractivity contribution in [3.8, 4) is 5.75 Å². The zero-order chi connectivity index (χ0) is 21.1. The molecule has 0 spiro atoms. The first kappa shape index (κ1) is 19.5. The number of aromatic amines is 1. The van der Waals surface area contributed by atoms with E-state index in [2.05, 4.69) is 25.7 Å². The molecule has 2 amide bonds. The molecule has 0 fully saturated rings. The number of carbonyl (C=O) groups is 1. The Kier molecular flexibility index (Phi) is 5.38. The lowest BCUT2D eigenvalue weighted by Crippen LogP contribution is -2.34. The number of rotatable bonds is 6. The van der Waals surface area contributed by atoms with Crippen LogP contribution in [0.3, 0.4) is 0 Å². The topological polar surface area (TPSA) is 96.9 Å². The van der Waals surface area contributed by atoms with Gasteiger partial charge in [0.05, 0.1) is 24.2 Å². The van der Waals surface area contributed by atoms with Gasteiger partial charge in [-0.2, -0.15) is 5.10 Å². The number of H-pyrrole nitrogens is 1. The van der Waals surface area contributed by atoms with Crippen LogP contribution < -0.4 is 15.4 Å².